The van der Waals surface area contributed by atoms with Crippen molar-refractivity contribution in [2.24, 2.45) is 5.92 Å². The van der Waals surface area contributed by atoms with E-state index in [1.807, 2.05) is 0 Å². The van der Waals surface area contributed by atoms with Crippen LogP contribution in [0.1, 0.15) is 13.8 Å². The summed E-state index contributed by atoms with van der Waals surface area (Å²) in [4.78, 5) is 18.2. The second kappa shape index (κ2) is 9.33. The molecular formula is C9H18Cl3O7P2+. The van der Waals surface area contributed by atoms with Crippen LogP contribution in [0.3, 0.4) is 0 Å². The van der Waals surface area contributed by atoms with Gasteiger partial charge in [0.15, 0.2) is 0 Å². The lowest BCUT2D eigenvalue weighted by Gasteiger charge is -2.38. The highest BCUT2D eigenvalue weighted by Gasteiger charge is 2.67. The fourth-order valence-corrected chi connectivity index (χ4v) is 2.97. The Kier molecular flexibility index (Phi) is 9.78. The molecule has 2 atom stereocenters. The van der Waals surface area contributed by atoms with Crippen LogP contribution < -0.4 is 0 Å². The molecule has 126 valence electrons. The number of alkyl halides is 3. The molecule has 0 spiro atoms. The number of phosphoric acid groups is 1. The zero-order valence-electron chi connectivity index (χ0n) is 11.4. The minimum Gasteiger partial charge on any atom is -0.321 e. The van der Waals surface area contributed by atoms with Gasteiger partial charge in [0.05, 0.1) is 13.2 Å². The SMILES string of the molecule is CC(C)C(Cl)([PH+]=O)C(OCCCl)(OCCCl)OP(=O)(O)O. The van der Waals surface area contributed by atoms with Gasteiger partial charge in [0.25, 0.3) is 0 Å². The zero-order valence-corrected chi connectivity index (χ0v) is 15.6. The lowest BCUT2D eigenvalue weighted by molar-refractivity contribution is -0.355. The summed E-state index contributed by atoms with van der Waals surface area (Å²) in [7, 11) is -6.32. The first-order valence-corrected chi connectivity index (χ1v) is 9.71. The summed E-state index contributed by atoms with van der Waals surface area (Å²) in [6.45, 7) is 2.75. The van der Waals surface area contributed by atoms with Gasteiger partial charge in [0.2, 0.25) is 0 Å². The predicted molar refractivity (Wildman–Crippen MR) is 81.6 cm³/mol. The topological polar surface area (TPSA) is 102 Å². The fraction of sp³-hybridized carbons (Fsp3) is 1.00. The monoisotopic (exact) mass is 405 g/mol. The number of rotatable bonds is 11. The van der Waals surface area contributed by atoms with Gasteiger partial charge in [0.1, 0.15) is 0 Å². The van der Waals surface area contributed by atoms with Crippen LogP contribution in [-0.2, 0) is 23.1 Å². The van der Waals surface area contributed by atoms with Gasteiger partial charge in [-0.1, -0.05) is 30.0 Å². The normalized spacial score (nSPS) is 16.4. The zero-order chi connectivity index (χ0) is 16.7. The van der Waals surface area contributed by atoms with Crippen LogP contribution >= 0.6 is 51.1 Å². The van der Waals surface area contributed by atoms with Gasteiger partial charge in [0, 0.05) is 17.7 Å². The van der Waals surface area contributed by atoms with Gasteiger partial charge in [-0.2, -0.15) is 0 Å². The van der Waals surface area contributed by atoms with Crippen molar-refractivity contribution in [2.75, 3.05) is 25.0 Å². The Morgan fingerprint density at radius 1 is 1.19 bits per heavy atom. The van der Waals surface area contributed by atoms with Crippen LogP contribution in [0.4, 0.5) is 0 Å². The molecule has 0 bridgehead atoms. The number of halogens is 3. The van der Waals surface area contributed by atoms with Crippen molar-refractivity contribution in [3.63, 3.8) is 0 Å². The summed E-state index contributed by atoms with van der Waals surface area (Å²) >= 11 is 17.3. The van der Waals surface area contributed by atoms with Crippen LogP contribution in [0.5, 0.6) is 0 Å². The van der Waals surface area contributed by atoms with Gasteiger partial charge in [-0.05, 0) is 0 Å². The van der Waals surface area contributed by atoms with Crippen molar-refractivity contribution >= 4 is 51.1 Å². The third-order valence-corrected chi connectivity index (χ3v) is 5.23. The van der Waals surface area contributed by atoms with Gasteiger partial charge >= 0.3 is 26.9 Å². The summed E-state index contributed by atoms with van der Waals surface area (Å²) in [5.41, 5.74) is 0. The van der Waals surface area contributed by atoms with Gasteiger partial charge in [-0.3, -0.25) is 0 Å². The molecule has 0 rings (SSSR count). The first-order chi connectivity index (χ1) is 9.58. The average Bonchev–Trinajstić information content (AvgIpc) is 2.39. The summed E-state index contributed by atoms with van der Waals surface area (Å²) in [5.74, 6) is -3.08. The molecule has 0 aliphatic carbocycles. The van der Waals surface area contributed by atoms with E-state index >= 15 is 0 Å². The molecule has 2 unspecified atom stereocenters. The molecule has 0 aliphatic heterocycles. The molecule has 0 radical (unpaired) electrons. The second-order valence-electron chi connectivity index (χ2n) is 4.18. The van der Waals surface area contributed by atoms with Crippen molar-refractivity contribution in [1.29, 1.82) is 0 Å². The molecule has 0 saturated carbocycles. The van der Waals surface area contributed by atoms with Gasteiger partial charge in [-0.15, -0.1) is 23.2 Å². The average molecular weight is 407 g/mol. The number of hydrogen-bond donors (Lipinski definition) is 2. The Hall–Kier alpha value is 1.000. The number of phosphoric ester groups is 1. The van der Waals surface area contributed by atoms with Crippen molar-refractivity contribution in [1.82, 2.24) is 0 Å². The summed E-state index contributed by atoms with van der Waals surface area (Å²) < 4.78 is 36.0. The smallest absolute Gasteiger partial charge is 0.321 e. The van der Waals surface area contributed by atoms with Crippen LogP contribution in [0.2, 0.25) is 0 Å². The molecule has 0 fully saturated rings. The molecule has 2 N–H and O–H groups in total. The minimum absolute atomic E-state index is 0.0243. The Morgan fingerprint density at radius 2 is 1.62 bits per heavy atom. The molecule has 0 aromatic carbocycles. The lowest BCUT2D eigenvalue weighted by Crippen LogP contribution is -2.56. The Labute approximate surface area is 139 Å². The molecule has 12 heteroatoms. The highest BCUT2D eigenvalue weighted by atomic mass is 35.5. The molecule has 0 saturated heterocycles. The van der Waals surface area contributed by atoms with E-state index in [1.54, 1.807) is 13.8 Å². The molecule has 0 amide bonds. The molecule has 7 nitrogen and oxygen atoms in total. The lowest BCUT2D eigenvalue weighted by atomic mass is 10.1. The largest absolute Gasteiger partial charge is 0.474 e. The first-order valence-electron chi connectivity index (χ1n) is 5.83. The Bertz CT molecular complexity index is 370. The molecule has 21 heavy (non-hydrogen) atoms. The van der Waals surface area contributed by atoms with E-state index in [0.29, 0.717) is 0 Å². The highest BCUT2D eigenvalue weighted by Crippen LogP contribution is 2.55. The standard InChI is InChI=1S/C9H17Cl3O7P2/c1-7(2)8(12,20-13)9(17-5-3-10,18-6-4-11)19-21(14,15)16/h7H,3-6H2,1-2H3,(H2,14,15,16)/p+1. The third-order valence-electron chi connectivity index (χ3n) is 2.37. The minimum atomic E-state index is -5.07. The quantitative estimate of drug-likeness (QED) is 0.309. The number of hydrogen-bond acceptors (Lipinski definition) is 5. The first kappa shape index (κ1) is 22.0. The number of ether oxygens (including phenoxy) is 2. The van der Waals surface area contributed by atoms with E-state index in [9.17, 15) is 9.13 Å². The fourth-order valence-electron chi connectivity index (χ4n) is 1.41. The molecule has 0 aliphatic rings. The van der Waals surface area contributed by atoms with Crippen molar-refractivity contribution in [2.45, 2.75) is 24.4 Å². The van der Waals surface area contributed by atoms with Gasteiger partial charge in [-0.25, -0.2) is 9.09 Å². The summed E-state index contributed by atoms with van der Waals surface area (Å²) in [6, 6.07) is 0. The van der Waals surface area contributed by atoms with E-state index in [-0.39, 0.29) is 25.0 Å². The van der Waals surface area contributed by atoms with E-state index in [4.69, 9.17) is 54.1 Å². The predicted octanol–water partition coefficient (Wildman–Crippen LogP) is 2.88. The molecular weight excluding hydrogens is 388 g/mol. The van der Waals surface area contributed by atoms with Crippen molar-refractivity contribution < 1.29 is 32.9 Å². The van der Waals surface area contributed by atoms with Gasteiger partial charge < -0.3 is 19.3 Å². The molecule has 0 heterocycles. The second-order valence-corrected chi connectivity index (χ2v) is 8.01. The van der Waals surface area contributed by atoms with Crippen LogP contribution in [-0.4, -0.2) is 45.3 Å². The molecule has 0 aromatic rings. The van der Waals surface area contributed by atoms with E-state index in [2.05, 4.69) is 4.52 Å². The maximum absolute atomic E-state index is 11.6. The third kappa shape index (κ3) is 6.19. The van der Waals surface area contributed by atoms with Crippen LogP contribution in [0, 0.1) is 5.92 Å². The summed E-state index contributed by atoms with van der Waals surface area (Å²) in [5, 5.41) is 0. The highest BCUT2D eigenvalue weighted by molar-refractivity contribution is 7.46. The molecule has 0 aromatic heterocycles. The Morgan fingerprint density at radius 3 is 1.86 bits per heavy atom. The van der Waals surface area contributed by atoms with E-state index in [1.165, 1.54) is 0 Å². The van der Waals surface area contributed by atoms with Crippen molar-refractivity contribution in [3.05, 3.63) is 0 Å². The van der Waals surface area contributed by atoms with Crippen LogP contribution in [0.15, 0.2) is 0 Å². The summed E-state index contributed by atoms with van der Waals surface area (Å²) in [6.07, 6.45) is 0. The maximum Gasteiger partial charge on any atom is 0.474 e. The van der Waals surface area contributed by atoms with E-state index < -0.39 is 32.8 Å². The van der Waals surface area contributed by atoms with Crippen molar-refractivity contribution in [3.8, 4) is 0 Å². The maximum atomic E-state index is 11.6. The Balaban J connectivity index is 5.83. The van der Waals surface area contributed by atoms with E-state index in [0.717, 1.165) is 0 Å². The van der Waals surface area contributed by atoms with Crippen LogP contribution in [0.25, 0.3) is 0 Å².